The van der Waals surface area contributed by atoms with Crippen LogP contribution >= 0.6 is 0 Å². The Bertz CT molecular complexity index is 524. The van der Waals surface area contributed by atoms with Crippen LogP contribution in [0.3, 0.4) is 0 Å². The predicted molar refractivity (Wildman–Crippen MR) is 54.4 cm³/mol. The molecule has 16 heavy (non-hydrogen) atoms. The molecular weight excluding hydrogens is 213 g/mol. The van der Waals surface area contributed by atoms with Crippen molar-refractivity contribution in [3.8, 4) is 0 Å². The lowest BCUT2D eigenvalue weighted by Gasteiger charge is -2.00. The monoisotopic (exact) mass is 221 g/mol. The van der Waals surface area contributed by atoms with Crippen molar-refractivity contribution in [2.45, 2.75) is 6.54 Å². The number of hydrogen-bond acceptors (Lipinski definition) is 3. The molecular formula is C10H8FN3O2. The van der Waals surface area contributed by atoms with Gasteiger partial charge in [-0.3, -0.25) is 14.8 Å². The summed E-state index contributed by atoms with van der Waals surface area (Å²) >= 11 is 0. The summed E-state index contributed by atoms with van der Waals surface area (Å²) in [4.78, 5) is 9.89. The molecule has 1 aromatic heterocycles. The van der Waals surface area contributed by atoms with E-state index in [2.05, 4.69) is 5.10 Å². The first-order valence-electron chi connectivity index (χ1n) is 4.56. The largest absolute Gasteiger partial charge is 0.307 e. The Morgan fingerprint density at radius 2 is 2.31 bits per heavy atom. The van der Waals surface area contributed by atoms with Crippen molar-refractivity contribution < 1.29 is 9.31 Å². The van der Waals surface area contributed by atoms with Crippen LogP contribution in [0.15, 0.2) is 36.7 Å². The Balaban J connectivity index is 2.17. The molecule has 0 N–H and O–H groups in total. The van der Waals surface area contributed by atoms with Gasteiger partial charge in [0.1, 0.15) is 18.2 Å². The van der Waals surface area contributed by atoms with Crippen molar-refractivity contribution in [1.82, 2.24) is 9.78 Å². The molecule has 82 valence electrons. The summed E-state index contributed by atoms with van der Waals surface area (Å²) in [6.07, 6.45) is 2.48. The van der Waals surface area contributed by atoms with Crippen molar-refractivity contribution in [2.75, 3.05) is 0 Å². The molecule has 0 unspecified atom stereocenters. The molecule has 0 bridgehead atoms. The lowest BCUT2D eigenvalue weighted by molar-refractivity contribution is -0.385. The third-order valence-electron chi connectivity index (χ3n) is 2.06. The van der Waals surface area contributed by atoms with E-state index in [1.165, 1.54) is 29.2 Å². The minimum atomic E-state index is -0.519. The first-order valence-corrected chi connectivity index (χ1v) is 4.56. The number of rotatable bonds is 3. The van der Waals surface area contributed by atoms with E-state index in [1.54, 1.807) is 12.1 Å². The van der Waals surface area contributed by atoms with Gasteiger partial charge in [-0.2, -0.15) is 5.10 Å². The van der Waals surface area contributed by atoms with Crippen molar-refractivity contribution in [2.24, 2.45) is 0 Å². The number of nitrogens with zero attached hydrogens (tertiary/aromatic N) is 3. The van der Waals surface area contributed by atoms with E-state index in [0.29, 0.717) is 12.1 Å². The van der Waals surface area contributed by atoms with E-state index in [4.69, 9.17) is 0 Å². The molecule has 1 aromatic carbocycles. The normalized spacial score (nSPS) is 10.3. The maximum Gasteiger partial charge on any atom is 0.307 e. The van der Waals surface area contributed by atoms with E-state index in [0.717, 1.165) is 0 Å². The Labute approximate surface area is 90.3 Å². The molecule has 0 aliphatic heterocycles. The highest BCUT2D eigenvalue weighted by atomic mass is 19.1. The highest BCUT2D eigenvalue weighted by Gasteiger charge is 2.08. The number of benzene rings is 1. The van der Waals surface area contributed by atoms with Gasteiger partial charge >= 0.3 is 5.69 Å². The Morgan fingerprint density at radius 3 is 2.94 bits per heavy atom. The van der Waals surface area contributed by atoms with E-state index < -0.39 is 4.92 Å². The topological polar surface area (TPSA) is 61.0 Å². The molecule has 0 saturated carbocycles. The van der Waals surface area contributed by atoms with E-state index in [-0.39, 0.29) is 11.5 Å². The van der Waals surface area contributed by atoms with Crippen molar-refractivity contribution >= 4 is 5.69 Å². The second-order valence-electron chi connectivity index (χ2n) is 3.28. The highest BCUT2D eigenvalue weighted by Crippen LogP contribution is 2.10. The predicted octanol–water partition coefficient (Wildman–Crippen LogP) is 1.98. The molecule has 0 aliphatic rings. The molecule has 2 rings (SSSR count). The maximum atomic E-state index is 12.9. The highest BCUT2D eigenvalue weighted by molar-refractivity contribution is 5.22. The second kappa shape index (κ2) is 4.09. The van der Waals surface area contributed by atoms with Crippen molar-refractivity contribution in [1.29, 1.82) is 0 Å². The molecule has 0 spiro atoms. The van der Waals surface area contributed by atoms with Gasteiger partial charge in [0, 0.05) is 0 Å². The SMILES string of the molecule is O=[N+]([O-])c1cnn(Cc2cccc(F)c2)c1. The van der Waals surface area contributed by atoms with E-state index in [9.17, 15) is 14.5 Å². The molecule has 2 aromatic rings. The summed E-state index contributed by atoms with van der Waals surface area (Å²) in [5.74, 6) is -0.334. The summed E-state index contributed by atoms with van der Waals surface area (Å²) < 4.78 is 14.3. The maximum absolute atomic E-state index is 12.9. The fraction of sp³-hybridized carbons (Fsp3) is 0.100. The van der Waals surface area contributed by atoms with Crippen LogP contribution in [0.1, 0.15) is 5.56 Å². The molecule has 0 atom stereocenters. The van der Waals surface area contributed by atoms with Gasteiger partial charge in [-0.25, -0.2) is 4.39 Å². The van der Waals surface area contributed by atoms with E-state index in [1.807, 2.05) is 0 Å². The summed E-state index contributed by atoms with van der Waals surface area (Å²) in [5.41, 5.74) is 0.634. The summed E-state index contributed by atoms with van der Waals surface area (Å²) in [6, 6.07) is 6.03. The van der Waals surface area contributed by atoms with Crippen molar-refractivity contribution in [3.05, 3.63) is 58.2 Å². The zero-order valence-electron chi connectivity index (χ0n) is 8.21. The fourth-order valence-electron chi connectivity index (χ4n) is 1.36. The standard InChI is InChI=1S/C10H8FN3O2/c11-9-3-1-2-8(4-9)6-13-7-10(5-12-13)14(15)16/h1-5,7H,6H2. The Morgan fingerprint density at radius 1 is 1.50 bits per heavy atom. The van der Waals surface area contributed by atoms with Gasteiger partial charge in [-0.15, -0.1) is 0 Å². The van der Waals surface area contributed by atoms with Crippen LogP contribution in [-0.2, 0) is 6.54 Å². The quantitative estimate of drug-likeness (QED) is 0.588. The second-order valence-corrected chi connectivity index (χ2v) is 3.28. The lowest BCUT2D eigenvalue weighted by Crippen LogP contribution is -2.00. The van der Waals surface area contributed by atoms with Gasteiger partial charge in [-0.05, 0) is 17.7 Å². The average Bonchev–Trinajstić information content (AvgIpc) is 2.66. The fourth-order valence-corrected chi connectivity index (χ4v) is 1.36. The Hall–Kier alpha value is -2.24. The van der Waals surface area contributed by atoms with Crippen molar-refractivity contribution in [3.63, 3.8) is 0 Å². The van der Waals surface area contributed by atoms with Gasteiger partial charge in [0.05, 0.1) is 11.5 Å². The molecule has 0 saturated heterocycles. The van der Waals surface area contributed by atoms with Gasteiger partial charge < -0.3 is 0 Å². The van der Waals surface area contributed by atoms with Crippen LogP contribution < -0.4 is 0 Å². The molecule has 5 nitrogen and oxygen atoms in total. The lowest BCUT2D eigenvalue weighted by atomic mass is 10.2. The molecule has 1 heterocycles. The summed E-state index contributed by atoms with van der Waals surface area (Å²) in [6.45, 7) is 0.311. The number of hydrogen-bond donors (Lipinski definition) is 0. The first-order chi connectivity index (χ1) is 7.65. The van der Waals surface area contributed by atoms with Gasteiger partial charge in [-0.1, -0.05) is 12.1 Å². The summed E-state index contributed by atoms with van der Waals surface area (Å²) in [5, 5.41) is 14.2. The number of halogens is 1. The third kappa shape index (κ3) is 2.22. The zero-order chi connectivity index (χ0) is 11.5. The summed E-state index contributed by atoms with van der Waals surface area (Å²) in [7, 11) is 0. The third-order valence-corrected chi connectivity index (χ3v) is 2.06. The van der Waals surface area contributed by atoms with Gasteiger partial charge in [0.15, 0.2) is 0 Å². The minimum Gasteiger partial charge on any atom is -0.261 e. The molecule has 0 aliphatic carbocycles. The van der Waals surface area contributed by atoms with Crippen LogP contribution in [0.25, 0.3) is 0 Å². The van der Waals surface area contributed by atoms with Crippen LogP contribution in [0.5, 0.6) is 0 Å². The van der Waals surface area contributed by atoms with Crippen LogP contribution in [0, 0.1) is 15.9 Å². The molecule has 0 amide bonds. The number of nitro groups is 1. The van der Waals surface area contributed by atoms with Crippen LogP contribution in [-0.4, -0.2) is 14.7 Å². The van der Waals surface area contributed by atoms with Crippen LogP contribution in [0.2, 0.25) is 0 Å². The molecule has 6 heteroatoms. The minimum absolute atomic E-state index is 0.0728. The van der Waals surface area contributed by atoms with Gasteiger partial charge in [0.25, 0.3) is 0 Å². The number of aromatic nitrogens is 2. The van der Waals surface area contributed by atoms with Crippen LogP contribution in [0.4, 0.5) is 10.1 Å². The molecule has 0 radical (unpaired) electrons. The Kier molecular flexibility index (Phi) is 2.63. The first kappa shape index (κ1) is 10.3. The zero-order valence-corrected chi connectivity index (χ0v) is 8.21. The average molecular weight is 221 g/mol. The molecule has 0 fully saturated rings. The van der Waals surface area contributed by atoms with E-state index >= 15 is 0 Å². The smallest absolute Gasteiger partial charge is 0.261 e. The van der Waals surface area contributed by atoms with Gasteiger partial charge in [0.2, 0.25) is 0 Å².